The zero-order valence-corrected chi connectivity index (χ0v) is 16.1. The summed E-state index contributed by atoms with van der Waals surface area (Å²) in [5.41, 5.74) is 1.43. The monoisotopic (exact) mass is 381 g/mol. The van der Waals surface area contributed by atoms with Crippen molar-refractivity contribution < 1.29 is 14.0 Å². The standard InChI is InChI=1S/C22H27N3O3/c26-20(23-17-22(9-5-10-22)18-6-2-1-3-7-18)16-24-11-13-25(14-12-24)21(27)19-8-4-15-28-19/h1-4,6-8,15H,5,9-14,16-17H2,(H,23,26). The van der Waals surface area contributed by atoms with Crippen molar-refractivity contribution in [3.63, 3.8) is 0 Å². The average Bonchev–Trinajstić information content (AvgIpc) is 3.23. The molecule has 6 heteroatoms. The van der Waals surface area contributed by atoms with E-state index in [9.17, 15) is 9.59 Å². The Morgan fingerprint density at radius 1 is 1.00 bits per heavy atom. The summed E-state index contributed by atoms with van der Waals surface area (Å²) in [7, 11) is 0. The SMILES string of the molecule is O=C(CN1CCN(C(=O)c2ccco2)CC1)NCC1(c2ccccc2)CCC1. The normalized spacial score (nSPS) is 19.1. The Morgan fingerprint density at radius 3 is 2.36 bits per heavy atom. The largest absolute Gasteiger partial charge is 0.459 e. The van der Waals surface area contributed by atoms with E-state index in [2.05, 4.69) is 34.5 Å². The van der Waals surface area contributed by atoms with Gasteiger partial charge in [0.05, 0.1) is 12.8 Å². The first-order valence-electron chi connectivity index (χ1n) is 10.0. The van der Waals surface area contributed by atoms with Crippen LogP contribution in [0.3, 0.4) is 0 Å². The van der Waals surface area contributed by atoms with Gasteiger partial charge in [-0.3, -0.25) is 14.5 Å². The molecule has 4 rings (SSSR count). The van der Waals surface area contributed by atoms with Crippen molar-refractivity contribution in [3.05, 3.63) is 60.1 Å². The van der Waals surface area contributed by atoms with Crippen LogP contribution >= 0.6 is 0 Å². The molecule has 2 aromatic rings. The minimum atomic E-state index is -0.0797. The maximum atomic E-state index is 12.5. The number of carbonyl (C=O) groups excluding carboxylic acids is 2. The summed E-state index contributed by atoms with van der Waals surface area (Å²) < 4.78 is 5.19. The topological polar surface area (TPSA) is 65.8 Å². The predicted octanol–water partition coefficient (Wildman–Crippen LogP) is 2.28. The molecule has 1 N–H and O–H groups in total. The molecule has 0 atom stereocenters. The Bertz CT molecular complexity index is 792. The second-order valence-corrected chi connectivity index (χ2v) is 7.82. The Labute approximate surface area is 165 Å². The third kappa shape index (κ3) is 3.97. The summed E-state index contributed by atoms with van der Waals surface area (Å²) in [6.45, 7) is 3.70. The lowest BCUT2D eigenvalue weighted by molar-refractivity contribution is -0.123. The minimum Gasteiger partial charge on any atom is -0.459 e. The first-order valence-corrected chi connectivity index (χ1v) is 10.0. The van der Waals surface area contributed by atoms with Gasteiger partial charge < -0.3 is 14.6 Å². The number of piperazine rings is 1. The van der Waals surface area contributed by atoms with Crippen LogP contribution in [0.2, 0.25) is 0 Å². The summed E-state index contributed by atoms with van der Waals surface area (Å²) in [5, 5.41) is 3.15. The number of nitrogens with zero attached hydrogens (tertiary/aromatic N) is 2. The van der Waals surface area contributed by atoms with E-state index in [4.69, 9.17) is 4.42 Å². The Balaban J connectivity index is 1.23. The number of nitrogens with one attached hydrogen (secondary N) is 1. The van der Waals surface area contributed by atoms with Crippen molar-refractivity contribution in [2.24, 2.45) is 0 Å². The molecule has 1 aromatic carbocycles. The van der Waals surface area contributed by atoms with Gasteiger partial charge in [0.1, 0.15) is 0 Å². The summed E-state index contributed by atoms with van der Waals surface area (Å²) in [6, 6.07) is 13.9. The number of furan rings is 1. The highest BCUT2D eigenvalue weighted by Crippen LogP contribution is 2.43. The van der Waals surface area contributed by atoms with Crippen molar-refractivity contribution in [2.75, 3.05) is 39.3 Å². The Kier molecular flexibility index (Phi) is 5.48. The molecule has 2 amide bonds. The lowest BCUT2D eigenvalue weighted by atomic mass is 9.64. The van der Waals surface area contributed by atoms with E-state index >= 15 is 0 Å². The highest BCUT2D eigenvalue weighted by molar-refractivity contribution is 5.91. The molecule has 2 fully saturated rings. The van der Waals surface area contributed by atoms with Gasteiger partial charge in [-0.15, -0.1) is 0 Å². The van der Waals surface area contributed by atoms with Crippen molar-refractivity contribution in [3.8, 4) is 0 Å². The van der Waals surface area contributed by atoms with E-state index in [0.717, 1.165) is 12.8 Å². The van der Waals surface area contributed by atoms with E-state index in [-0.39, 0.29) is 17.2 Å². The molecule has 1 aliphatic carbocycles. The fraction of sp³-hybridized carbons (Fsp3) is 0.455. The molecule has 1 aliphatic heterocycles. The van der Waals surface area contributed by atoms with Crippen LogP contribution in [0.25, 0.3) is 0 Å². The molecular formula is C22H27N3O3. The summed E-state index contributed by atoms with van der Waals surface area (Å²) in [4.78, 5) is 28.7. The van der Waals surface area contributed by atoms with Gasteiger partial charge >= 0.3 is 0 Å². The molecular weight excluding hydrogens is 354 g/mol. The van der Waals surface area contributed by atoms with Gasteiger partial charge in [-0.25, -0.2) is 0 Å². The maximum Gasteiger partial charge on any atom is 0.289 e. The molecule has 0 radical (unpaired) electrons. The van der Waals surface area contributed by atoms with Crippen LogP contribution in [0.4, 0.5) is 0 Å². The summed E-state index contributed by atoms with van der Waals surface area (Å²) in [6.07, 6.45) is 4.99. The number of amides is 2. The molecule has 2 aliphatic rings. The Morgan fingerprint density at radius 2 is 1.75 bits per heavy atom. The van der Waals surface area contributed by atoms with Crippen molar-refractivity contribution in [1.82, 2.24) is 15.1 Å². The molecule has 0 unspecified atom stereocenters. The van der Waals surface area contributed by atoms with E-state index in [1.54, 1.807) is 17.0 Å². The highest BCUT2D eigenvalue weighted by atomic mass is 16.3. The Hall–Kier alpha value is -2.60. The highest BCUT2D eigenvalue weighted by Gasteiger charge is 2.38. The van der Waals surface area contributed by atoms with Gasteiger partial charge in [-0.05, 0) is 30.5 Å². The maximum absolute atomic E-state index is 12.5. The zero-order valence-electron chi connectivity index (χ0n) is 16.1. The number of hydrogen-bond donors (Lipinski definition) is 1. The fourth-order valence-corrected chi connectivity index (χ4v) is 4.15. The van der Waals surface area contributed by atoms with E-state index < -0.39 is 0 Å². The van der Waals surface area contributed by atoms with Crippen molar-refractivity contribution in [2.45, 2.75) is 24.7 Å². The van der Waals surface area contributed by atoms with Crippen LogP contribution in [0.5, 0.6) is 0 Å². The van der Waals surface area contributed by atoms with Crippen LogP contribution in [0.15, 0.2) is 53.1 Å². The summed E-state index contributed by atoms with van der Waals surface area (Å²) in [5.74, 6) is 0.356. The van der Waals surface area contributed by atoms with E-state index in [1.807, 2.05) is 6.07 Å². The van der Waals surface area contributed by atoms with E-state index in [1.165, 1.54) is 18.2 Å². The minimum absolute atomic E-state index is 0.0630. The van der Waals surface area contributed by atoms with Crippen molar-refractivity contribution in [1.29, 1.82) is 0 Å². The number of hydrogen-bond acceptors (Lipinski definition) is 4. The van der Waals surface area contributed by atoms with Crippen molar-refractivity contribution >= 4 is 11.8 Å². The van der Waals surface area contributed by atoms with Crippen LogP contribution < -0.4 is 5.32 Å². The molecule has 148 valence electrons. The van der Waals surface area contributed by atoms with Gasteiger partial charge in [0.2, 0.25) is 5.91 Å². The molecule has 2 heterocycles. The van der Waals surface area contributed by atoms with Crippen LogP contribution in [0.1, 0.15) is 35.4 Å². The van der Waals surface area contributed by atoms with Gasteiger partial charge in [0.15, 0.2) is 5.76 Å². The molecule has 1 saturated carbocycles. The lowest BCUT2D eigenvalue weighted by Gasteiger charge is -2.43. The summed E-state index contributed by atoms with van der Waals surface area (Å²) >= 11 is 0. The van der Waals surface area contributed by atoms with Crippen LogP contribution in [-0.2, 0) is 10.2 Å². The number of rotatable bonds is 6. The van der Waals surface area contributed by atoms with Gasteiger partial charge in [0, 0.05) is 38.1 Å². The average molecular weight is 381 g/mol. The molecule has 1 aromatic heterocycles. The molecule has 0 spiro atoms. The molecule has 1 saturated heterocycles. The third-order valence-corrected chi connectivity index (χ3v) is 6.08. The quantitative estimate of drug-likeness (QED) is 0.834. The molecule has 0 bridgehead atoms. The zero-order chi connectivity index (χ0) is 19.4. The number of carbonyl (C=O) groups is 2. The van der Waals surface area contributed by atoms with Gasteiger partial charge in [-0.2, -0.15) is 0 Å². The first-order chi connectivity index (χ1) is 13.7. The smallest absolute Gasteiger partial charge is 0.289 e. The predicted molar refractivity (Wildman–Crippen MR) is 106 cm³/mol. The molecule has 6 nitrogen and oxygen atoms in total. The van der Waals surface area contributed by atoms with Crippen LogP contribution in [0, 0.1) is 0 Å². The number of benzene rings is 1. The second-order valence-electron chi connectivity index (χ2n) is 7.82. The van der Waals surface area contributed by atoms with E-state index in [0.29, 0.717) is 45.0 Å². The van der Waals surface area contributed by atoms with Gasteiger partial charge in [-0.1, -0.05) is 36.8 Å². The fourth-order valence-electron chi connectivity index (χ4n) is 4.15. The second kappa shape index (κ2) is 8.19. The first kappa shape index (κ1) is 18.7. The van der Waals surface area contributed by atoms with Crippen LogP contribution in [-0.4, -0.2) is 60.9 Å². The third-order valence-electron chi connectivity index (χ3n) is 6.08. The lowest BCUT2D eigenvalue weighted by Crippen LogP contribution is -2.52. The van der Waals surface area contributed by atoms with Gasteiger partial charge in [0.25, 0.3) is 5.91 Å². The molecule has 28 heavy (non-hydrogen) atoms.